The summed E-state index contributed by atoms with van der Waals surface area (Å²) in [5, 5.41) is 14.9. The van der Waals surface area contributed by atoms with Crippen LogP contribution in [0.5, 0.6) is 0 Å². The molecule has 0 radical (unpaired) electrons. The van der Waals surface area contributed by atoms with E-state index in [1.54, 1.807) is 12.1 Å². The lowest BCUT2D eigenvalue weighted by Gasteiger charge is -2.34. The van der Waals surface area contributed by atoms with Gasteiger partial charge < -0.3 is 19.7 Å². The number of piperidine rings is 1. The number of hydrogen-bond acceptors (Lipinski definition) is 6. The normalized spacial score (nSPS) is 14.5. The van der Waals surface area contributed by atoms with Crippen LogP contribution in [0.2, 0.25) is 0 Å². The highest BCUT2D eigenvalue weighted by Crippen LogP contribution is 2.33. The maximum Gasteiger partial charge on any atom is 0.271 e. The summed E-state index contributed by atoms with van der Waals surface area (Å²) in [5.74, 6) is 1.55. The fourth-order valence-corrected chi connectivity index (χ4v) is 6.09. The molecule has 0 aliphatic carbocycles. The molecular formula is C34H50N6O3. The third-order valence-electron chi connectivity index (χ3n) is 8.45. The molecule has 0 spiro atoms. The minimum absolute atomic E-state index is 0.0377. The minimum Gasteiger partial charge on any atom is -0.341 e. The third kappa shape index (κ3) is 7.93. The van der Waals surface area contributed by atoms with Gasteiger partial charge in [0.15, 0.2) is 0 Å². The molecule has 4 rings (SSSR count). The van der Waals surface area contributed by atoms with Gasteiger partial charge in [-0.1, -0.05) is 46.2 Å². The number of hydrogen-bond donors (Lipinski definition) is 1. The Balaban J connectivity index is 1.71. The first-order chi connectivity index (χ1) is 20.4. The second kappa shape index (κ2) is 13.9. The molecule has 1 fully saturated rings. The Morgan fingerprint density at radius 2 is 1.70 bits per heavy atom. The van der Waals surface area contributed by atoms with E-state index in [2.05, 4.69) is 48.5 Å². The SMILES string of the molecule is Cc1ccc([N+](=O)[O-])cc1Nc1nc2ccc(C(C)(C)C(=O)N(CC(C)C)CC(C)C)cc2n1CCCN1CCCCC1. The van der Waals surface area contributed by atoms with Gasteiger partial charge >= 0.3 is 0 Å². The van der Waals surface area contributed by atoms with E-state index in [9.17, 15) is 14.9 Å². The van der Waals surface area contributed by atoms with Crippen LogP contribution in [0.25, 0.3) is 11.0 Å². The van der Waals surface area contributed by atoms with Crippen LogP contribution < -0.4 is 5.32 Å². The van der Waals surface area contributed by atoms with Gasteiger partial charge in [-0.25, -0.2) is 4.98 Å². The van der Waals surface area contributed by atoms with Crippen LogP contribution in [0, 0.1) is 28.9 Å². The number of aryl methyl sites for hydroxylation is 2. The summed E-state index contributed by atoms with van der Waals surface area (Å²) in [4.78, 5) is 34.6. The number of nitro benzene ring substituents is 1. The monoisotopic (exact) mass is 590 g/mol. The first-order valence-corrected chi connectivity index (χ1v) is 15.9. The fourth-order valence-electron chi connectivity index (χ4n) is 6.09. The van der Waals surface area contributed by atoms with Gasteiger partial charge in [0.25, 0.3) is 5.69 Å². The van der Waals surface area contributed by atoms with Gasteiger partial charge in [0, 0.05) is 31.8 Å². The maximum atomic E-state index is 14.0. The second-order valence-corrected chi connectivity index (χ2v) is 13.6. The summed E-state index contributed by atoms with van der Waals surface area (Å²) < 4.78 is 2.18. The Labute approximate surface area is 256 Å². The predicted octanol–water partition coefficient (Wildman–Crippen LogP) is 7.29. The molecule has 9 nitrogen and oxygen atoms in total. The number of rotatable bonds is 13. The second-order valence-electron chi connectivity index (χ2n) is 13.6. The first-order valence-electron chi connectivity index (χ1n) is 15.9. The van der Waals surface area contributed by atoms with Crippen LogP contribution in [0.4, 0.5) is 17.3 Å². The Morgan fingerprint density at radius 3 is 2.33 bits per heavy atom. The molecule has 0 atom stereocenters. The molecule has 1 amide bonds. The molecule has 1 saturated heterocycles. The largest absolute Gasteiger partial charge is 0.341 e. The zero-order valence-corrected chi connectivity index (χ0v) is 27.2. The third-order valence-corrected chi connectivity index (χ3v) is 8.45. The summed E-state index contributed by atoms with van der Waals surface area (Å²) in [6.45, 7) is 20.1. The first kappa shape index (κ1) is 32.5. The number of likely N-dealkylation sites (tertiary alicyclic amines) is 1. The van der Waals surface area contributed by atoms with Crippen LogP contribution in [0.3, 0.4) is 0 Å². The highest BCUT2D eigenvalue weighted by molar-refractivity contribution is 5.89. The molecule has 0 unspecified atom stereocenters. The minimum atomic E-state index is -0.717. The summed E-state index contributed by atoms with van der Waals surface area (Å²) in [6, 6.07) is 11.0. The molecule has 0 saturated carbocycles. The lowest BCUT2D eigenvalue weighted by atomic mass is 9.82. The number of nitrogens with zero attached hydrogens (tertiary/aromatic N) is 5. The van der Waals surface area contributed by atoms with E-state index in [4.69, 9.17) is 4.98 Å². The molecule has 1 aliphatic heterocycles. The van der Waals surface area contributed by atoms with Crippen molar-refractivity contribution in [1.82, 2.24) is 19.4 Å². The molecular weight excluding hydrogens is 540 g/mol. The van der Waals surface area contributed by atoms with E-state index in [1.165, 1.54) is 25.3 Å². The number of anilines is 2. The van der Waals surface area contributed by atoms with E-state index >= 15 is 0 Å². The Bertz CT molecular complexity index is 1410. The van der Waals surface area contributed by atoms with Crippen molar-refractivity contribution in [3.05, 3.63) is 57.6 Å². The average Bonchev–Trinajstić information content (AvgIpc) is 3.29. The molecule has 2 heterocycles. The Hall–Kier alpha value is -3.46. The van der Waals surface area contributed by atoms with Gasteiger partial charge in [0.2, 0.25) is 11.9 Å². The quantitative estimate of drug-likeness (QED) is 0.166. The zero-order valence-electron chi connectivity index (χ0n) is 27.2. The fraction of sp³-hybridized carbons (Fsp3) is 0.588. The molecule has 0 bridgehead atoms. The van der Waals surface area contributed by atoms with Gasteiger partial charge in [0.05, 0.1) is 27.1 Å². The predicted molar refractivity (Wildman–Crippen MR) is 175 cm³/mol. The topological polar surface area (TPSA) is 96.5 Å². The van der Waals surface area contributed by atoms with Gasteiger partial charge in [-0.3, -0.25) is 14.9 Å². The van der Waals surface area contributed by atoms with Crippen molar-refractivity contribution in [2.45, 2.75) is 86.1 Å². The van der Waals surface area contributed by atoms with Gasteiger partial charge in [-0.2, -0.15) is 0 Å². The highest BCUT2D eigenvalue weighted by Gasteiger charge is 2.35. The highest BCUT2D eigenvalue weighted by atomic mass is 16.6. The van der Waals surface area contributed by atoms with Crippen LogP contribution in [-0.4, -0.2) is 62.9 Å². The molecule has 234 valence electrons. The smallest absolute Gasteiger partial charge is 0.271 e. The van der Waals surface area contributed by atoms with Crippen molar-refractivity contribution < 1.29 is 9.72 Å². The van der Waals surface area contributed by atoms with E-state index in [0.717, 1.165) is 67.8 Å². The molecule has 3 aromatic rings. The number of non-ortho nitro benzene ring substituents is 1. The van der Waals surface area contributed by atoms with Crippen LogP contribution in [-0.2, 0) is 16.8 Å². The van der Waals surface area contributed by atoms with Crippen molar-refractivity contribution in [3.63, 3.8) is 0 Å². The lowest BCUT2D eigenvalue weighted by molar-refractivity contribution is -0.384. The number of aromatic nitrogens is 2. The van der Waals surface area contributed by atoms with Crippen LogP contribution >= 0.6 is 0 Å². The standard InChI is InChI=1S/C34H50N6O3/c1-24(2)22-38(23-25(3)4)32(41)34(6,7)27-13-15-29-31(20-27)39(19-11-18-37-16-9-8-10-17-37)33(35-29)36-30-21-28(40(42)43)14-12-26(30)5/h12-15,20-21,24-25H,8-11,16-19,22-23H2,1-7H3,(H,35,36). The number of carbonyl (C=O) groups is 1. The molecule has 1 N–H and O–H groups in total. The summed E-state index contributed by atoms with van der Waals surface area (Å²) in [7, 11) is 0. The van der Waals surface area contributed by atoms with E-state index < -0.39 is 5.41 Å². The summed E-state index contributed by atoms with van der Waals surface area (Å²) in [5.41, 5.74) is 3.63. The van der Waals surface area contributed by atoms with Crippen molar-refractivity contribution in [2.24, 2.45) is 11.8 Å². The number of amides is 1. The van der Waals surface area contributed by atoms with E-state index in [1.807, 2.05) is 37.8 Å². The number of imidazole rings is 1. The van der Waals surface area contributed by atoms with Crippen molar-refractivity contribution in [3.8, 4) is 0 Å². The number of nitrogens with one attached hydrogen (secondary N) is 1. The Morgan fingerprint density at radius 1 is 1.02 bits per heavy atom. The van der Waals surface area contributed by atoms with Gasteiger partial charge in [-0.05, 0) is 94.8 Å². The van der Waals surface area contributed by atoms with Crippen LogP contribution in [0.1, 0.15) is 78.4 Å². The molecule has 9 heteroatoms. The number of benzene rings is 2. The van der Waals surface area contributed by atoms with Gasteiger partial charge in [0.1, 0.15) is 0 Å². The summed E-state index contributed by atoms with van der Waals surface area (Å²) >= 11 is 0. The van der Waals surface area contributed by atoms with Crippen LogP contribution in [0.15, 0.2) is 36.4 Å². The van der Waals surface area contributed by atoms with E-state index in [0.29, 0.717) is 23.5 Å². The summed E-state index contributed by atoms with van der Waals surface area (Å²) in [6.07, 6.45) is 4.77. The van der Waals surface area contributed by atoms with Crippen molar-refractivity contribution in [1.29, 1.82) is 0 Å². The Kier molecular flexibility index (Phi) is 10.5. The molecule has 1 aliphatic rings. The number of nitro groups is 1. The van der Waals surface area contributed by atoms with E-state index in [-0.39, 0.29) is 16.5 Å². The molecule has 43 heavy (non-hydrogen) atoms. The van der Waals surface area contributed by atoms with Crippen molar-refractivity contribution >= 4 is 34.3 Å². The number of fused-ring (bicyclic) bond motifs is 1. The van der Waals surface area contributed by atoms with Gasteiger partial charge in [-0.15, -0.1) is 0 Å². The lowest BCUT2D eigenvalue weighted by Crippen LogP contribution is -2.46. The van der Waals surface area contributed by atoms with Crippen molar-refractivity contribution in [2.75, 3.05) is 38.0 Å². The zero-order chi connectivity index (χ0) is 31.3. The number of carbonyl (C=O) groups excluding carboxylic acids is 1. The molecule has 1 aromatic heterocycles. The average molecular weight is 591 g/mol. The maximum absolute atomic E-state index is 14.0. The molecule has 2 aromatic carbocycles.